The number of hydrogen-bond donors (Lipinski definition) is 3. The van der Waals surface area contributed by atoms with Crippen LogP contribution in [0.25, 0.3) is 0 Å². The number of benzene rings is 2. The Hall–Kier alpha value is -6.31. The maximum Gasteiger partial charge on any atom is 0.342 e. The van der Waals surface area contributed by atoms with Crippen LogP contribution in [-0.2, 0) is 14.4 Å². The molecule has 61 heavy (non-hydrogen) atoms. The van der Waals surface area contributed by atoms with E-state index in [4.69, 9.17) is 4.74 Å². The van der Waals surface area contributed by atoms with Crippen molar-refractivity contribution in [3.63, 3.8) is 0 Å². The lowest BCUT2D eigenvalue weighted by Gasteiger charge is -2.35. The van der Waals surface area contributed by atoms with Crippen LogP contribution in [-0.4, -0.2) is 138 Å². The molecular formula is C41H45F3N10O7. The van der Waals surface area contributed by atoms with Crippen molar-refractivity contribution in [1.82, 2.24) is 30.0 Å². The highest BCUT2D eigenvalue weighted by Gasteiger charge is 2.49. The predicted molar refractivity (Wildman–Crippen MR) is 215 cm³/mol. The number of carbonyl (C=O) groups excluding carboxylic acids is 6. The Morgan fingerprint density at radius 1 is 1.00 bits per heavy atom. The summed E-state index contributed by atoms with van der Waals surface area (Å²) in [4.78, 5) is 92.7. The number of methoxy groups -OCH3 is 1. The van der Waals surface area contributed by atoms with E-state index in [9.17, 15) is 28.8 Å². The topological polar surface area (TPSA) is 190 Å². The summed E-state index contributed by atoms with van der Waals surface area (Å²) in [5.41, 5.74) is 0.880. The second kappa shape index (κ2) is 16.6. The Bertz CT molecular complexity index is 2300. The Balaban J connectivity index is 0.867. The maximum atomic E-state index is 15.7. The van der Waals surface area contributed by atoms with Crippen LogP contribution in [0.4, 0.5) is 42.0 Å². The first-order valence-electron chi connectivity index (χ1n) is 20.3. The molecule has 1 unspecified atom stereocenters. The highest BCUT2D eigenvalue weighted by Crippen LogP contribution is 2.40. The minimum Gasteiger partial charge on any atom is -0.495 e. The van der Waals surface area contributed by atoms with E-state index in [0.717, 1.165) is 28.7 Å². The molecule has 3 fully saturated rings. The molecule has 20 heteroatoms. The number of piperidine rings is 1. The van der Waals surface area contributed by atoms with E-state index in [1.807, 2.05) is 0 Å². The molecule has 17 nitrogen and oxygen atoms in total. The number of nitrogens with zero attached hydrogens (tertiary/aromatic N) is 7. The third-order valence-corrected chi connectivity index (χ3v) is 12.0. The van der Waals surface area contributed by atoms with Crippen molar-refractivity contribution in [2.24, 2.45) is 0 Å². The minimum absolute atomic E-state index is 0.0304. The molecule has 3 N–H and O–H groups in total. The zero-order valence-corrected chi connectivity index (χ0v) is 33.6. The number of hydrogen-bond acceptors (Lipinski definition) is 13. The molecule has 4 aliphatic heterocycles. The van der Waals surface area contributed by atoms with Crippen molar-refractivity contribution in [2.45, 2.75) is 63.0 Å². The third kappa shape index (κ3) is 7.91. The van der Waals surface area contributed by atoms with E-state index in [1.54, 1.807) is 17.0 Å². The van der Waals surface area contributed by atoms with Gasteiger partial charge in [0.05, 0.1) is 42.2 Å². The average molecular weight is 847 g/mol. The molecule has 1 saturated carbocycles. The van der Waals surface area contributed by atoms with Gasteiger partial charge in [0.2, 0.25) is 17.8 Å². The lowest BCUT2D eigenvalue weighted by Crippen LogP contribution is -2.54. The Morgan fingerprint density at radius 3 is 2.48 bits per heavy atom. The van der Waals surface area contributed by atoms with Crippen LogP contribution in [0.2, 0.25) is 0 Å². The maximum absolute atomic E-state index is 15.7. The first-order valence-corrected chi connectivity index (χ1v) is 20.3. The second-order valence-electron chi connectivity index (χ2n) is 15.8. The molecule has 1 aromatic heterocycles. The van der Waals surface area contributed by atoms with Gasteiger partial charge in [-0.15, -0.1) is 0 Å². The van der Waals surface area contributed by atoms with E-state index in [0.29, 0.717) is 64.2 Å². The van der Waals surface area contributed by atoms with Gasteiger partial charge in [-0.05, 0) is 50.4 Å². The SMILES string of the molecule is COc1cc(C(=O)N2CCN(CCCNc3cccc4c3C(=O)N(C3CCC(=O)NC3=O)C4=O)CC2)c(F)cc1Nc1ncc2c(n1)N(C1CCCC1)CC(F)(F)C(=O)N2C. The summed E-state index contributed by atoms with van der Waals surface area (Å²) in [6, 6.07) is 5.98. The standard InChI is InChI=1S/C41H45F3N10O7/c1-50-30-21-46-40(49-34(30)53(23-7-3-4-8-23)22-41(43,44)39(50)60)47-28-20-26(42)25(19-31(28)61-2)36(57)52-17-15-51(16-18-52)14-6-13-45-27-10-5-9-24-33(27)38(59)54(37(24)58)29-11-12-32(55)48-35(29)56/h5,9-10,19-21,23,29,45H,3-4,6-8,11-18,22H2,1-2H3,(H,46,47,49)(H,48,55,56). The fraction of sp³-hybridized carbons (Fsp3) is 0.463. The molecule has 3 aromatic rings. The van der Waals surface area contributed by atoms with Gasteiger partial charge >= 0.3 is 5.92 Å². The van der Waals surface area contributed by atoms with Crippen molar-refractivity contribution in [1.29, 1.82) is 0 Å². The van der Waals surface area contributed by atoms with E-state index >= 15 is 13.2 Å². The number of ether oxygens (including phenoxy) is 1. The number of halogens is 3. The molecule has 8 rings (SSSR count). The summed E-state index contributed by atoms with van der Waals surface area (Å²) in [6.45, 7) is 2.01. The number of amides is 6. The Kier molecular flexibility index (Phi) is 11.3. The van der Waals surface area contributed by atoms with Gasteiger partial charge in [-0.2, -0.15) is 13.8 Å². The first kappa shape index (κ1) is 41.4. The van der Waals surface area contributed by atoms with Crippen molar-refractivity contribution < 1.29 is 46.7 Å². The summed E-state index contributed by atoms with van der Waals surface area (Å²) in [5, 5.41) is 8.35. The lowest BCUT2D eigenvalue weighted by molar-refractivity contribution is -0.140. The van der Waals surface area contributed by atoms with Crippen LogP contribution in [0.5, 0.6) is 5.75 Å². The van der Waals surface area contributed by atoms with Gasteiger partial charge in [-0.25, -0.2) is 9.37 Å². The van der Waals surface area contributed by atoms with Crippen molar-refractivity contribution >= 4 is 64.3 Å². The molecular weight excluding hydrogens is 802 g/mol. The quantitative estimate of drug-likeness (QED) is 0.188. The van der Waals surface area contributed by atoms with Crippen molar-refractivity contribution in [2.75, 3.05) is 80.4 Å². The van der Waals surface area contributed by atoms with E-state index < -0.39 is 59.8 Å². The van der Waals surface area contributed by atoms with Crippen molar-refractivity contribution in [3.8, 4) is 5.75 Å². The van der Waals surface area contributed by atoms with E-state index in [-0.39, 0.29) is 64.5 Å². The molecule has 1 atom stereocenters. The highest BCUT2D eigenvalue weighted by atomic mass is 19.3. The fourth-order valence-electron chi connectivity index (χ4n) is 8.74. The van der Waals surface area contributed by atoms with E-state index in [1.165, 1.54) is 37.4 Å². The smallest absolute Gasteiger partial charge is 0.342 e. The molecule has 2 saturated heterocycles. The fourth-order valence-corrected chi connectivity index (χ4v) is 8.74. The second-order valence-corrected chi connectivity index (χ2v) is 15.8. The largest absolute Gasteiger partial charge is 0.495 e. The summed E-state index contributed by atoms with van der Waals surface area (Å²) >= 11 is 0. The number of alkyl halides is 2. The number of nitrogens with one attached hydrogen (secondary N) is 3. The van der Waals surface area contributed by atoms with E-state index in [2.05, 4.69) is 30.8 Å². The number of anilines is 5. The van der Waals surface area contributed by atoms with Crippen LogP contribution in [0, 0.1) is 5.82 Å². The van der Waals surface area contributed by atoms with Crippen LogP contribution in [0.15, 0.2) is 36.5 Å². The van der Waals surface area contributed by atoms with Gasteiger partial charge in [-0.3, -0.25) is 43.9 Å². The first-order chi connectivity index (χ1) is 29.2. The lowest BCUT2D eigenvalue weighted by atomic mass is 10.0. The number of fused-ring (bicyclic) bond motifs is 2. The number of rotatable bonds is 11. The number of carbonyl (C=O) groups is 6. The minimum atomic E-state index is -3.64. The Morgan fingerprint density at radius 2 is 1.75 bits per heavy atom. The summed E-state index contributed by atoms with van der Waals surface area (Å²) in [6.07, 6.45) is 5.10. The van der Waals surface area contributed by atoms with Crippen LogP contribution >= 0.6 is 0 Å². The van der Waals surface area contributed by atoms with Gasteiger partial charge in [0.1, 0.15) is 23.3 Å². The number of piperazine rings is 1. The molecule has 1 aliphatic carbocycles. The summed E-state index contributed by atoms with van der Waals surface area (Å²) in [5.74, 6) is -8.38. The molecule has 5 heterocycles. The zero-order valence-electron chi connectivity index (χ0n) is 33.6. The average Bonchev–Trinajstić information content (AvgIpc) is 3.86. The van der Waals surface area contributed by atoms with Crippen LogP contribution in [0.1, 0.15) is 76.0 Å². The number of aromatic nitrogens is 2. The zero-order chi connectivity index (χ0) is 43.2. The van der Waals surface area contributed by atoms with Crippen molar-refractivity contribution in [3.05, 3.63) is 59.0 Å². The highest BCUT2D eigenvalue weighted by molar-refractivity contribution is 6.25. The molecule has 5 aliphatic rings. The normalized spacial score (nSPS) is 20.7. The van der Waals surface area contributed by atoms with Gasteiger partial charge in [-0.1, -0.05) is 18.9 Å². The molecule has 322 valence electrons. The number of imide groups is 2. The molecule has 0 bridgehead atoms. The van der Waals surface area contributed by atoms with Gasteiger partial charge < -0.3 is 30.1 Å². The summed E-state index contributed by atoms with van der Waals surface area (Å²) in [7, 11) is 2.62. The molecule has 0 spiro atoms. The monoisotopic (exact) mass is 846 g/mol. The third-order valence-electron chi connectivity index (χ3n) is 12.0. The molecule has 6 amide bonds. The van der Waals surface area contributed by atoms with Crippen LogP contribution < -0.4 is 30.5 Å². The molecule has 2 aromatic carbocycles. The molecule has 0 radical (unpaired) electrons. The van der Waals surface area contributed by atoms with Crippen LogP contribution in [0.3, 0.4) is 0 Å². The summed E-state index contributed by atoms with van der Waals surface area (Å²) < 4.78 is 51.3. The van der Waals surface area contributed by atoms with Gasteiger partial charge in [0, 0.05) is 64.0 Å². The van der Waals surface area contributed by atoms with Gasteiger partial charge in [0.15, 0.2) is 5.82 Å². The Labute approximate surface area is 348 Å². The predicted octanol–water partition coefficient (Wildman–Crippen LogP) is 3.39. The van der Waals surface area contributed by atoms with Gasteiger partial charge in [0.25, 0.3) is 23.6 Å².